The number of hydrogen-bond donors (Lipinski definition) is 1. The first-order valence-electron chi connectivity index (χ1n) is 7.71. The highest BCUT2D eigenvalue weighted by atomic mass is 15.3. The molecule has 20 heavy (non-hydrogen) atoms. The molecule has 2 heterocycles. The van der Waals surface area contributed by atoms with Crippen molar-refractivity contribution >= 4 is 5.82 Å². The molecular weight excluding hydrogens is 248 g/mol. The molecule has 1 saturated heterocycles. The van der Waals surface area contributed by atoms with Gasteiger partial charge in [0.2, 0.25) is 0 Å². The van der Waals surface area contributed by atoms with Gasteiger partial charge in [-0.25, -0.2) is 0 Å². The van der Waals surface area contributed by atoms with Crippen LogP contribution in [-0.4, -0.2) is 35.4 Å². The zero-order valence-corrected chi connectivity index (χ0v) is 13.5. The summed E-state index contributed by atoms with van der Waals surface area (Å²) in [5.74, 6) is 1.01. The van der Waals surface area contributed by atoms with E-state index in [-0.39, 0.29) is 5.41 Å². The fraction of sp³-hybridized carbons (Fsp3) is 0.750. The van der Waals surface area contributed by atoms with Crippen molar-refractivity contribution in [1.82, 2.24) is 15.5 Å². The predicted molar refractivity (Wildman–Crippen MR) is 84.2 cm³/mol. The summed E-state index contributed by atoms with van der Waals surface area (Å²) >= 11 is 0. The minimum Gasteiger partial charge on any atom is -0.355 e. The van der Waals surface area contributed by atoms with Gasteiger partial charge in [-0.2, -0.15) is 5.10 Å². The van der Waals surface area contributed by atoms with Crippen molar-refractivity contribution in [3.63, 3.8) is 0 Å². The van der Waals surface area contributed by atoms with E-state index in [1.165, 1.54) is 12.8 Å². The molecule has 1 aliphatic rings. The van der Waals surface area contributed by atoms with Crippen molar-refractivity contribution in [2.75, 3.05) is 18.0 Å². The summed E-state index contributed by atoms with van der Waals surface area (Å²) in [5.41, 5.74) is 1.12. The van der Waals surface area contributed by atoms with Crippen LogP contribution in [0.25, 0.3) is 0 Å². The summed E-state index contributed by atoms with van der Waals surface area (Å²) < 4.78 is 0. The Balaban J connectivity index is 1.94. The van der Waals surface area contributed by atoms with Crippen molar-refractivity contribution in [1.29, 1.82) is 0 Å². The molecule has 112 valence electrons. The molecule has 0 saturated carbocycles. The van der Waals surface area contributed by atoms with Crippen LogP contribution in [0.3, 0.4) is 0 Å². The van der Waals surface area contributed by atoms with E-state index in [4.69, 9.17) is 0 Å². The Labute approximate surface area is 123 Å². The Bertz CT molecular complexity index is 411. The molecule has 0 spiro atoms. The van der Waals surface area contributed by atoms with Gasteiger partial charge >= 0.3 is 0 Å². The standard InChI is InChI=1S/C16H28N4/c1-12(2)17-13-8-10-20(11-9-13)15-7-6-14(18-19-15)16(3,4)5/h6-7,12-13,17H,8-11H2,1-5H3. The van der Waals surface area contributed by atoms with Crippen LogP contribution < -0.4 is 10.2 Å². The first-order valence-corrected chi connectivity index (χ1v) is 7.71. The summed E-state index contributed by atoms with van der Waals surface area (Å²) in [7, 11) is 0. The topological polar surface area (TPSA) is 41.0 Å². The molecule has 4 heteroatoms. The lowest BCUT2D eigenvalue weighted by Gasteiger charge is -2.34. The third kappa shape index (κ3) is 3.92. The Hall–Kier alpha value is -1.16. The smallest absolute Gasteiger partial charge is 0.151 e. The maximum absolute atomic E-state index is 4.41. The Morgan fingerprint density at radius 2 is 1.80 bits per heavy atom. The van der Waals surface area contributed by atoms with E-state index < -0.39 is 0 Å². The lowest BCUT2D eigenvalue weighted by molar-refractivity contribution is 0.385. The highest BCUT2D eigenvalue weighted by Gasteiger charge is 2.21. The van der Waals surface area contributed by atoms with Crippen LogP contribution in [-0.2, 0) is 5.41 Å². The van der Waals surface area contributed by atoms with Gasteiger partial charge in [-0.05, 0) is 25.0 Å². The summed E-state index contributed by atoms with van der Waals surface area (Å²) in [6.07, 6.45) is 2.36. The van der Waals surface area contributed by atoms with E-state index in [1.807, 2.05) is 0 Å². The van der Waals surface area contributed by atoms with Crippen LogP contribution in [0, 0.1) is 0 Å². The zero-order valence-electron chi connectivity index (χ0n) is 13.5. The number of rotatable bonds is 3. The fourth-order valence-corrected chi connectivity index (χ4v) is 2.64. The van der Waals surface area contributed by atoms with E-state index in [2.05, 4.69) is 67.2 Å². The number of hydrogen-bond acceptors (Lipinski definition) is 4. The second kappa shape index (κ2) is 6.08. The van der Waals surface area contributed by atoms with Crippen LogP contribution in [0.4, 0.5) is 5.82 Å². The molecule has 1 N–H and O–H groups in total. The van der Waals surface area contributed by atoms with Crippen molar-refractivity contribution in [2.45, 2.75) is 65.0 Å². The number of aromatic nitrogens is 2. The third-order valence-corrected chi connectivity index (χ3v) is 3.81. The quantitative estimate of drug-likeness (QED) is 0.921. The summed E-state index contributed by atoms with van der Waals surface area (Å²) in [5, 5.41) is 12.4. The van der Waals surface area contributed by atoms with Gasteiger partial charge in [0.25, 0.3) is 0 Å². The molecule has 1 aromatic heterocycles. The zero-order chi connectivity index (χ0) is 14.8. The molecular formula is C16H28N4. The van der Waals surface area contributed by atoms with Gasteiger partial charge in [0.05, 0.1) is 5.69 Å². The average molecular weight is 276 g/mol. The molecule has 1 aliphatic heterocycles. The monoisotopic (exact) mass is 276 g/mol. The third-order valence-electron chi connectivity index (χ3n) is 3.81. The second-order valence-corrected chi connectivity index (χ2v) is 7.11. The van der Waals surface area contributed by atoms with E-state index in [0.717, 1.165) is 24.6 Å². The highest BCUT2D eigenvalue weighted by molar-refractivity contribution is 5.38. The van der Waals surface area contributed by atoms with Crippen molar-refractivity contribution in [3.8, 4) is 0 Å². The second-order valence-electron chi connectivity index (χ2n) is 7.11. The van der Waals surface area contributed by atoms with Crippen molar-refractivity contribution < 1.29 is 0 Å². The van der Waals surface area contributed by atoms with Gasteiger partial charge in [0.15, 0.2) is 5.82 Å². The SMILES string of the molecule is CC(C)NC1CCN(c2ccc(C(C)(C)C)nn2)CC1. The van der Waals surface area contributed by atoms with Gasteiger partial charge in [-0.15, -0.1) is 5.10 Å². The van der Waals surface area contributed by atoms with Gasteiger partial charge in [0, 0.05) is 30.6 Å². The number of piperidine rings is 1. The molecule has 0 unspecified atom stereocenters. The van der Waals surface area contributed by atoms with Crippen molar-refractivity contribution in [3.05, 3.63) is 17.8 Å². The lowest BCUT2D eigenvalue weighted by atomic mass is 9.92. The molecule has 4 nitrogen and oxygen atoms in total. The Morgan fingerprint density at radius 3 is 2.25 bits per heavy atom. The first kappa shape index (κ1) is 15.2. The first-order chi connectivity index (χ1) is 9.36. The normalized spacial score (nSPS) is 17.8. The van der Waals surface area contributed by atoms with Gasteiger partial charge in [-0.1, -0.05) is 34.6 Å². The molecule has 0 amide bonds. The molecule has 1 aromatic rings. The van der Waals surface area contributed by atoms with E-state index in [0.29, 0.717) is 12.1 Å². The van der Waals surface area contributed by atoms with Gasteiger partial charge in [-0.3, -0.25) is 0 Å². The van der Waals surface area contributed by atoms with E-state index in [9.17, 15) is 0 Å². The molecule has 2 rings (SSSR count). The number of nitrogens with one attached hydrogen (secondary N) is 1. The lowest BCUT2D eigenvalue weighted by Crippen LogP contribution is -2.45. The van der Waals surface area contributed by atoms with Crippen LogP contribution in [0.15, 0.2) is 12.1 Å². The molecule has 0 radical (unpaired) electrons. The molecule has 0 bridgehead atoms. The van der Waals surface area contributed by atoms with E-state index in [1.54, 1.807) is 0 Å². The van der Waals surface area contributed by atoms with Gasteiger partial charge in [0.1, 0.15) is 0 Å². The molecule has 0 atom stereocenters. The largest absolute Gasteiger partial charge is 0.355 e. The van der Waals surface area contributed by atoms with Crippen molar-refractivity contribution in [2.24, 2.45) is 0 Å². The number of nitrogens with zero attached hydrogens (tertiary/aromatic N) is 3. The summed E-state index contributed by atoms with van der Waals surface area (Å²) in [6, 6.07) is 5.44. The highest BCUT2D eigenvalue weighted by Crippen LogP contribution is 2.22. The maximum atomic E-state index is 4.41. The van der Waals surface area contributed by atoms with Crippen LogP contribution in [0.1, 0.15) is 53.2 Å². The van der Waals surface area contributed by atoms with Crippen LogP contribution >= 0.6 is 0 Å². The predicted octanol–water partition coefficient (Wildman–Crippen LogP) is 2.74. The van der Waals surface area contributed by atoms with Crippen LogP contribution in [0.5, 0.6) is 0 Å². The minimum atomic E-state index is 0.0692. The van der Waals surface area contributed by atoms with E-state index >= 15 is 0 Å². The Morgan fingerprint density at radius 1 is 1.15 bits per heavy atom. The molecule has 0 aliphatic carbocycles. The molecule has 1 fully saturated rings. The summed E-state index contributed by atoms with van der Waals surface area (Å²) in [4.78, 5) is 2.35. The average Bonchev–Trinajstić information content (AvgIpc) is 2.38. The van der Waals surface area contributed by atoms with Gasteiger partial charge < -0.3 is 10.2 Å². The fourth-order valence-electron chi connectivity index (χ4n) is 2.64. The summed E-state index contributed by atoms with van der Waals surface area (Å²) in [6.45, 7) is 13.0. The maximum Gasteiger partial charge on any atom is 0.151 e. The number of anilines is 1. The minimum absolute atomic E-state index is 0.0692. The van der Waals surface area contributed by atoms with Crippen LogP contribution in [0.2, 0.25) is 0 Å². The Kier molecular flexibility index (Phi) is 4.63. The molecule has 0 aromatic carbocycles.